The molecule has 1 aromatic carbocycles. The smallest absolute Gasteiger partial charge is 0.325 e. The molecular formula is C16H16O4. The van der Waals surface area contributed by atoms with E-state index in [1.165, 1.54) is 6.08 Å². The van der Waals surface area contributed by atoms with Gasteiger partial charge in [-0.1, -0.05) is 55.5 Å². The lowest BCUT2D eigenvalue weighted by Gasteiger charge is -2.26. The van der Waals surface area contributed by atoms with E-state index in [9.17, 15) is 19.8 Å². The highest BCUT2D eigenvalue weighted by atomic mass is 16.4. The SMILES string of the molecule is CC(C1=CC(C(=O)O)(C(=O)O)CC=C1)c1ccccc1. The maximum atomic E-state index is 11.4. The van der Waals surface area contributed by atoms with E-state index in [-0.39, 0.29) is 12.3 Å². The first kappa shape index (κ1) is 14.1. The maximum absolute atomic E-state index is 11.4. The van der Waals surface area contributed by atoms with Crippen molar-refractivity contribution in [3.8, 4) is 0 Å². The Morgan fingerprint density at radius 3 is 2.30 bits per heavy atom. The van der Waals surface area contributed by atoms with Crippen molar-refractivity contribution in [2.75, 3.05) is 0 Å². The standard InChI is InChI=1S/C16H16O4/c1-11(12-6-3-2-4-7-12)13-8-5-9-16(10-13,14(17)18)15(19)20/h2-8,10-11H,9H2,1H3,(H,17,18)(H,19,20). The zero-order chi connectivity index (χ0) is 14.8. The van der Waals surface area contributed by atoms with Gasteiger partial charge >= 0.3 is 11.9 Å². The molecule has 0 spiro atoms. The molecule has 0 bridgehead atoms. The molecule has 0 fully saturated rings. The molecule has 0 aromatic heterocycles. The molecule has 0 radical (unpaired) electrons. The van der Waals surface area contributed by atoms with Gasteiger partial charge in [-0.2, -0.15) is 0 Å². The minimum Gasteiger partial charge on any atom is -0.480 e. The zero-order valence-corrected chi connectivity index (χ0v) is 11.1. The first-order chi connectivity index (χ1) is 9.47. The Morgan fingerprint density at radius 2 is 1.75 bits per heavy atom. The van der Waals surface area contributed by atoms with Crippen LogP contribution in [-0.2, 0) is 9.59 Å². The average molecular weight is 272 g/mol. The normalized spacial score (nSPS) is 18.1. The molecule has 0 saturated heterocycles. The van der Waals surface area contributed by atoms with Crippen LogP contribution in [-0.4, -0.2) is 22.2 Å². The lowest BCUT2D eigenvalue weighted by molar-refractivity contribution is -0.160. The van der Waals surface area contributed by atoms with Crippen LogP contribution in [0.5, 0.6) is 0 Å². The Balaban J connectivity index is 2.41. The van der Waals surface area contributed by atoms with Crippen LogP contribution < -0.4 is 0 Å². The van der Waals surface area contributed by atoms with Crippen LogP contribution in [0, 0.1) is 5.41 Å². The van der Waals surface area contributed by atoms with E-state index in [2.05, 4.69) is 0 Å². The number of allylic oxidation sites excluding steroid dienone is 3. The summed E-state index contributed by atoms with van der Waals surface area (Å²) in [5.41, 5.74) is -0.116. The van der Waals surface area contributed by atoms with Gasteiger partial charge in [0, 0.05) is 5.92 Å². The van der Waals surface area contributed by atoms with Crippen LogP contribution in [0.1, 0.15) is 24.8 Å². The molecular weight excluding hydrogens is 256 g/mol. The van der Waals surface area contributed by atoms with Crippen LogP contribution >= 0.6 is 0 Å². The fourth-order valence-corrected chi connectivity index (χ4v) is 2.37. The van der Waals surface area contributed by atoms with Crippen molar-refractivity contribution in [1.82, 2.24) is 0 Å². The van der Waals surface area contributed by atoms with Crippen molar-refractivity contribution in [1.29, 1.82) is 0 Å². The minimum absolute atomic E-state index is 0.0251. The van der Waals surface area contributed by atoms with E-state index in [1.807, 2.05) is 43.3 Å². The second-order valence-electron chi connectivity index (χ2n) is 4.96. The van der Waals surface area contributed by atoms with Gasteiger partial charge in [0.05, 0.1) is 0 Å². The third kappa shape index (κ3) is 2.37. The highest BCUT2D eigenvalue weighted by Gasteiger charge is 2.45. The monoisotopic (exact) mass is 272 g/mol. The van der Waals surface area contributed by atoms with Gasteiger partial charge in [0.25, 0.3) is 0 Å². The van der Waals surface area contributed by atoms with Crippen molar-refractivity contribution in [3.63, 3.8) is 0 Å². The summed E-state index contributed by atoms with van der Waals surface area (Å²) in [5, 5.41) is 18.5. The number of benzene rings is 1. The molecule has 4 heteroatoms. The molecule has 20 heavy (non-hydrogen) atoms. The summed E-state index contributed by atoms with van der Waals surface area (Å²) in [6.45, 7) is 1.94. The Morgan fingerprint density at radius 1 is 1.15 bits per heavy atom. The first-order valence-electron chi connectivity index (χ1n) is 6.38. The van der Waals surface area contributed by atoms with Gasteiger partial charge in [-0.3, -0.25) is 9.59 Å². The third-order valence-corrected chi connectivity index (χ3v) is 3.73. The van der Waals surface area contributed by atoms with Crippen molar-refractivity contribution < 1.29 is 19.8 Å². The summed E-state index contributed by atoms with van der Waals surface area (Å²) in [6, 6.07) is 9.59. The van der Waals surface area contributed by atoms with Crippen molar-refractivity contribution in [3.05, 3.63) is 59.7 Å². The van der Waals surface area contributed by atoms with Gasteiger partial charge in [0.2, 0.25) is 0 Å². The fourth-order valence-electron chi connectivity index (χ4n) is 2.37. The largest absolute Gasteiger partial charge is 0.480 e. The van der Waals surface area contributed by atoms with Crippen molar-refractivity contribution in [2.24, 2.45) is 5.41 Å². The molecule has 1 aliphatic rings. The van der Waals surface area contributed by atoms with Gasteiger partial charge in [0.15, 0.2) is 5.41 Å². The molecule has 0 heterocycles. The molecule has 1 atom stereocenters. The molecule has 0 aliphatic heterocycles. The summed E-state index contributed by atoms with van der Waals surface area (Å²) in [7, 11) is 0. The molecule has 1 aliphatic carbocycles. The average Bonchev–Trinajstić information content (AvgIpc) is 2.47. The van der Waals surface area contributed by atoms with Crippen LogP contribution in [0.15, 0.2) is 54.1 Å². The zero-order valence-electron chi connectivity index (χ0n) is 11.1. The van der Waals surface area contributed by atoms with Gasteiger partial charge in [-0.05, 0) is 17.6 Å². The molecule has 2 rings (SSSR count). The lowest BCUT2D eigenvalue weighted by atomic mass is 9.76. The molecule has 0 amide bonds. The summed E-state index contributed by atoms with van der Waals surface area (Å²) >= 11 is 0. The van der Waals surface area contributed by atoms with Crippen LogP contribution in [0.25, 0.3) is 0 Å². The predicted octanol–water partition coefficient (Wildman–Crippen LogP) is 2.83. The number of hydrogen-bond acceptors (Lipinski definition) is 2. The molecule has 1 unspecified atom stereocenters. The quantitative estimate of drug-likeness (QED) is 0.826. The fraction of sp³-hybridized carbons (Fsp3) is 0.250. The Bertz CT molecular complexity index is 570. The molecule has 0 saturated carbocycles. The highest BCUT2D eigenvalue weighted by Crippen LogP contribution is 2.36. The number of rotatable bonds is 4. The summed E-state index contributed by atoms with van der Waals surface area (Å²) in [6.07, 6.45) is 4.77. The highest BCUT2D eigenvalue weighted by molar-refractivity contribution is 6.01. The first-order valence-corrected chi connectivity index (χ1v) is 6.38. The molecule has 104 valence electrons. The Hall–Kier alpha value is -2.36. The minimum atomic E-state index is -1.85. The predicted molar refractivity (Wildman–Crippen MR) is 74.4 cm³/mol. The van der Waals surface area contributed by atoms with Crippen LogP contribution in [0.2, 0.25) is 0 Å². The van der Waals surface area contributed by atoms with E-state index in [0.717, 1.165) is 5.56 Å². The second kappa shape index (κ2) is 5.33. The Kier molecular flexibility index (Phi) is 3.74. The van der Waals surface area contributed by atoms with Gasteiger partial charge in [-0.25, -0.2) is 0 Å². The topological polar surface area (TPSA) is 74.6 Å². The maximum Gasteiger partial charge on any atom is 0.325 e. The summed E-state index contributed by atoms with van der Waals surface area (Å²) in [5.74, 6) is -2.70. The number of carbonyl (C=O) groups is 2. The Labute approximate surface area is 117 Å². The van der Waals surface area contributed by atoms with Gasteiger partial charge in [0.1, 0.15) is 0 Å². The van der Waals surface area contributed by atoms with E-state index in [4.69, 9.17) is 0 Å². The summed E-state index contributed by atoms with van der Waals surface area (Å²) in [4.78, 5) is 22.7. The molecule has 1 aromatic rings. The number of aliphatic carboxylic acids is 2. The van der Waals surface area contributed by atoms with E-state index in [0.29, 0.717) is 5.57 Å². The van der Waals surface area contributed by atoms with E-state index >= 15 is 0 Å². The second-order valence-corrected chi connectivity index (χ2v) is 4.96. The van der Waals surface area contributed by atoms with Gasteiger partial charge < -0.3 is 10.2 Å². The number of hydrogen-bond donors (Lipinski definition) is 2. The molecule has 4 nitrogen and oxygen atoms in total. The van der Waals surface area contributed by atoms with E-state index in [1.54, 1.807) is 6.08 Å². The van der Waals surface area contributed by atoms with Gasteiger partial charge in [-0.15, -0.1) is 0 Å². The van der Waals surface area contributed by atoms with Crippen molar-refractivity contribution in [2.45, 2.75) is 19.3 Å². The van der Waals surface area contributed by atoms with Crippen LogP contribution in [0.3, 0.4) is 0 Å². The lowest BCUT2D eigenvalue weighted by Crippen LogP contribution is -2.38. The number of carboxylic acid groups (broad SMARTS) is 2. The van der Waals surface area contributed by atoms with Crippen LogP contribution in [0.4, 0.5) is 0 Å². The summed E-state index contributed by atoms with van der Waals surface area (Å²) < 4.78 is 0. The molecule has 2 N–H and O–H groups in total. The third-order valence-electron chi connectivity index (χ3n) is 3.73. The number of carboxylic acids is 2. The van der Waals surface area contributed by atoms with Crippen molar-refractivity contribution >= 4 is 11.9 Å². The van der Waals surface area contributed by atoms with E-state index < -0.39 is 17.4 Å².